The van der Waals surface area contributed by atoms with Crippen LogP contribution >= 0.6 is 0 Å². The van der Waals surface area contributed by atoms with Crippen LogP contribution in [0.15, 0.2) is 47.4 Å². The van der Waals surface area contributed by atoms with Crippen LogP contribution in [0.1, 0.15) is 6.92 Å². The van der Waals surface area contributed by atoms with Gasteiger partial charge in [-0.2, -0.15) is 0 Å². The molecule has 0 radical (unpaired) electrons. The molecule has 6 heteroatoms. The average Bonchev–Trinajstić information content (AvgIpc) is 2.46. The van der Waals surface area contributed by atoms with Gasteiger partial charge in [0.1, 0.15) is 11.8 Å². The van der Waals surface area contributed by atoms with Gasteiger partial charge in [-0.25, -0.2) is 0 Å². The minimum Gasteiger partial charge on any atom is -0.368 e. The minimum atomic E-state index is -1.46. The number of nitrogens with two attached hydrogens (primary N) is 1. The van der Waals surface area contributed by atoms with Crippen molar-refractivity contribution < 1.29 is 13.8 Å². The lowest BCUT2D eigenvalue weighted by Crippen LogP contribution is -2.43. The van der Waals surface area contributed by atoms with E-state index >= 15 is 0 Å². The number of carbonyl (C=O) groups is 2. The largest absolute Gasteiger partial charge is 0.368 e. The highest BCUT2D eigenvalue weighted by Gasteiger charge is 2.15. The van der Waals surface area contributed by atoms with Crippen molar-refractivity contribution in [2.75, 3.05) is 5.75 Å². The lowest BCUT2D eigenvalue weighted by molar-refractivity contribution is -0.125. The van der Waals surface area contributed by atoms with E-state index in [1.165, 1.54) is 6.92 Å². The zero-order chi connectivity index (χ0) is 15.4. The van der Waals surface area contributed by atoms with Gasteiger partial charge in [-0.1, -0.05) is 30.3 Å². The van der Waals surface area contributed by atoms with E-state index in [4.69, 9.17) is 5.73 Å². The van der Waals surface area contributed by atoms with Gasteiger partial charge in [0.05, 0.1) is 10.8 Å². The Morgan fingerprint density at radius 1 is 1.19 bits per heavy atom. The highest BCUT2D eigenvalue weighted by Crippen LogP contribution is 2.17. The molecule has 5 nitrogen and oxygen atoms in total. The zero-order valence-electron chi connectivity index (χ0n) is 11.5. The quantitative estimate of drug-likeness (QED) is 0.861. The molecule has 0 fully saturated rings. The molecule has 110 valence electrons. The fraction of sp³-hybridized carbons (Fsp3) is 0.200. The molecule has 0 aromatic heterocycles. The molecule has 0 saturated carbocycles. The Labute approximate surface area is 125 Å². The first-order chi connectivity index (χ1) is 9.97. The van der Waals surface area contributed by atoms with Crippen molar-refractivity contribution in [1.82, 2.24) is 5.32 Å². The van der Waals surface area contributed by atoms with Gasteiger partial charge in [0.2, 0.25) is 11.8 Å². The van der Waals surface area contributed by atoms with Gasteiger partial charge in [0.15, 0.2) is 0 Å². The predicted octanol–water partition coefficient (Wildman–Crippen LogP) is 0.937. The summed E-state index contributed by atoms with van der Waals surface area (Å²) in [5.41, 5.74) is 5.06. The molecule has 0 aliphatic carbocycles. The number of amides is 2. The van der Waals surface area contributed by atoms with Crippen LogP contribution in [0.25, 0.3) is 10.8 Å². The van der Waals surface area contributed by atoms with Gasteiger partial charge in [-0.05, 0) is 29.8 Å². The smallest absolute Gasteiger partial charge is 0.239 e. The maximum absolute atomic E-state index is 12.2. The molecule has 2 aromatic rings. The van der Waals surface area contributed by atoms with Crippen LogP contribution in [0.5, 0.6) is 0 Å². The fourth-order valence-corrected chi connectivity index (χ4v) is 2.83. The van der Waals surface area contributed by atoms with E-state index in [1.807, 2.05) is 30.3 Å². The molecular formula is C15H16N2O3S. The second-order valence-electron chi connectivity index (χ2n) is 4.69. The Morgan fingerprint density at radius 3 is 2.52 bits per heavy atom. The van der Waals surface area contributed by atoms with Crippen molar-refractivity contribution in [2.45, 2.75) is 17.9 Å². The average molecular weight is 304 g/mol. The third-order valence-electron chi connectivity index (χ3n) is 3.05. The second-order valence-corrected chi connectivity index (χ2v) is 6.14. The Bertz CT molecular complexity index is 715. The Morgan fingerprint density at radius 2 is 1.86 bits per heavy atom. The lowest BCUT2D eigenvalue weighted by Gasteiger charge is -2.10. The van der Waals surface area contributed by atoms with Crippen molar-refractivity contribution in [2.24, 2.45) is 5.73 Å². The molecule has 0 bridgehead atoms. The first-order valence-corrected chi connectivity index (χ1v) is 7.75. The van der Waals surface area contributed by atoms with E-state index in [1.54, 1.807) is 12.1 Å². The summed E-state index contributed by atoms with van der Waals surface area (Å²) < 4.78 is 12.2. The Balaban J connectivity index is 2.08. The van der Waals surface area contributed by atoms with E-state index in [0.717, 1.165) is 10.8 Å². The molecule has 2 atom stereocenters. The van der Waals surface area contributed by atoms with E-state index in [-0.39, 0.29) is 5.75 Å². The van der Waals surface area contributed by atoms with Crippen molar-refractivity contribution >= 4 is 33.4 Å². The van der Waals surface area contributed by atoms with Crippen molar-refractivity contribution in [3.05, 3.63) is 42.5 Å². The number of rotatable bonds is 5. The number of fused-ring (bicyclic) bond motifs is 1. The highest BCUT2D eigenvalue weighted by atomic mass is 32.2. The normalized spacial score (nSPS) is 13.6. The molecule has 2 amide bonds. The molecule has 0 aliphatic heterocycles. The summed E-state index contributed by atoms with van der Waals surface area (Å²) in [5.74, 6) is -1.29. The maximum Gasteiger partial charge on any atom is 0.239 e. The van der Waals surface area contributed by atoms with E-state index < -0.39 is 28.7 Å². The number of carbonyl (C=O) groups excluding carboxylic acids is 2. The van der Waals surface area contributed by atoms with Crippen LogP contribution in [0.3, 0.4) is 0 Å². The SMILES string of the molecule is CC(NC(=O)CS(=O)c1ccc2ccccc2c1)C(N)=O. The van der Waals surface area contributed by atoms with Crippen molar-refractivity contribution in [3.63, 3.8) is 0 Å². The topological polar surface area (TPSA) is 89.3 Å². The second kappa shape index (κ2) is 6.49. The van der Waals surface area contributed by atoms with Crippen LogP contribution in [-0.4, -0.2) is 27.8 Å². The molecule has 0 heterocycles. The molecule has 2 aromatic carbocycles. The summed E-state index contributed by atoms with van der Waals surface area (Å²) in [6.07, 6.45) is 0. The number of hydrogen-bond acceptors (Lipinski definition) is 3. The minimum absolute atomic E-state index is 0.198. The molecule has 0 saturated heterocycles. The Kier molecular flexibility index (Phi) is 4.70. The summed E-state index contributed by atoms with van der Waals surface area (Å²) in [5, 5.41) is 4.42. The number of benzene rings is 2. The third kappa shape index (κ3) is 3.88. The third-order valence-corrected chi connectivity index (χ3v) is 4.35. The van der Waals surface area contributed by atoms with E-state index in [9.17, 15) is 13.8 Å². The number of hydrogen-bond donors (Lipinski definition) is 2. The van der Waals surface area contributed by atoms with Crippen LogP contribution < -0.4 is 11.1 Å². The van der Waals surface area contributed by atoms with E-state index in [2.05, 4.69) is 5.32 Å². The summed E-state index contributed by atoms with van der Waals surface area (Å²) >= 11 is 0. The first kappa shape index (κ1) is 15.2. The standard InChI is InChI=1S/C15H16N2O3S/c1-10(15(16)19)17-14(18)9-21(20)13-7-6-11-4-2-3-5-12(11)8-13/h2-8,10H,9H2,1H3,(H2,16,19)(H,17,18). The molecule has 21 heavy (non-hydrogen) atoms. The Hall–Kier alpha value is -2.21. The maximum atomic E-state index is 12.2. The van der Waals surface area contributed by atoms with Gasteiger partial charge >= 0.3 is 0 Å². The molecule has 0 aliphatic rings. The fourth-order valence-electron chi connectivity index (χ4n) is 1.87. The summed E-state index contributed by atoms with van der Waals surface area (Å²) in [6.45, 7) is 1.49. The van der Waals surface area contributed by atoms with Gasteiger partial charge in [-0.3, -0.25) is 13.8 Å². The monoisotopic (exact) mass is 304 g/mol. The number of nitrogens with one attached hydrogen (secondary N) is 1. The van der Waals surface area contributed by atoms with Gasteiger partial charge in [-0.15, -0.1) is 0 Å². The van der Waals surface area contributed by atoms with Crippen molar-refractivity contribution in [3.8, 4) is 0 Å². The lowest BCUT2D eigenvalue weighted by atomic mass is 10.1. The summed E-state index contributed by atoms with van der Waals surface area (Å²) in [7, 11) is -1.46. The molecular weight excluding hydrogens is 288 g/mol. The van der Waals surface area contributed by atoms with E-state index in [0.29, 0.717) is 4.90 Å². The molecule has 3 N–H and O–H groups in total. The van der Waals surface area contributed by atoms with Gasteiger partial charge < -0.3 is 11.1 Å². The van der Waals surface area contributed by atoms with Crippen LogP contribution in [0.2, 0.25) is 0 Å². The molecule has 0 spiro atoms. The number of primary amides is 1. The van der Waals surface area contributed by atoms with Crippen LogP contribution in [0.4, 0.5) is 0 Å². The first-order valence-electron chi connectivity index (χ1n) is 6.43. The van der Waals surface area contributed by atoms with Gasteiger partial charge in [0.25, 0.3) is 0 Å². The zero-order valence-corrected chi connectivity index (χ0v) is 12.4. The molecule has 2 rings (SSSR count). The highest BCUT2D eigenvalue weighted by molar-refractivity contribution is 7.85. The van der Waals surface area contributed by atoms with Crippen LogP contribution in [0, 0.1) is 0 Å². The molecule has 2 unspecified atom stereocenters. The summed E-state index contributed by atoms with van der Waals surface area (Å²) in [4.78, 5) is 23.1. The predicted molar refractivity (Wildman–Crippen MR) is 82.0 cm³/mol. The summed E-state index contributed by atoms with van der Waals surface area (Å²) in [6, 6.07) is 12.3. The van der Waals surface area contributed by atoms with Crippen LogP contribution in [-0.2, 0) is 20.4 Å². The van der Waals surface area contributed by atoms with Crippen molar-refractivity contribution in [1.29, 1.82) is 0 Å². The van der Waals surface area contributed by atoms with Gasteiger partial charge in [0, 0.05) is 4.90 Å².